The molecule has 0 aliphatic heterocycles. The molecule has 2 unspecified atom stereocenters. The number of hydrogen-bond acceptors (Lipinski definition) is 12. The quantitative estimate of drug-likeness (QED) is 0.0550. The maximum Gasteiger partial charge on any atom is 0.367 e. The highest BCUT2D eigenvalue weighted by Crippen LogP contribution is 2.76. The van der Waals surface area contributed by atoms with Crippen LogP contribution in [-0.2, 0) is 27.2 Å². The molecule has 0 spiro atoms. The molecule has 0 radical (unpaired) electrons. The minimum absolute atomic E-state index is 0.225. The Morgan fingerprint density at radius 2 is 1.36 bits per heavy atom. The highest BCUT2D eigenvalue weighted by Gasteiger charge is 2.55. The molecule has 2 atom stereocenters. The fourth-order valence-electron chi connectivity index (χ4n) is 4.96. The zero-order valence-electron chi connectivity index (χ0n) is 28.7. The Hall–Kier alpha value is 1.26. The fourth-order valence-corrected chi connectivity index (χ4v) is 18.5. The van der Waals surface area contributed by atoms with Crippen molar-refractivity contribution in [3.05, 3.63) is 11.4 Å². The molecule has 0 saturated heterocycles. The van der Waals surface area contributed by atoms with Crippen molar-refractivity contribution >= 4 is 74.0 Å². The number of aryl methyl sites for hydroxylation is 1. The van der Waals surface area contributed by atoms with E-state index in [9.17, 15) is 4.57 Å². The van der Waals surface area contributed by atoms with E-state index in [1.807, 2.05) is 67.9 Å². The van der Waals surface area contributed by atoms with E-state index in [2.05, 4.69) is 18.4 Å². The van der Waals surface area contributed by atoms with Gasteiger partial charge in [0.05, 0.1) is 30.1 Å². The molecule has 44 heavy (non-hydrogen) atoms. The average molecular weight is 751 g/mol. The minimum atomic E-state index is -3.73. The second-order valence-corrected chi connectivity index (χ2v) is 24.4. The predicted molar refractivity (Wildman–Crippen MR) is 198 cm³/mol. The molecule has 1 heterocycles. The van der Waals surface area contributed by atoms with Crippen LogP contribution in [0.4, 0.5) is 0 Å². The number of imidazole rings is 1. The molecule has 0 N–H and O–H groups in total. The van der Waals surface area contributed by atoms with Gasteiger partial charge in [-0.2, -0.15) is 0 Å². The van der Waals surface area contributed by atoms with Crippen molar-refractivity contribution in [2.45, 2.75) is 144 Å². The average Bonchev–Trinajstić information content (AvgIpc) is 3.18. The van der Waals surface area contributed by atoms with Gasteiger partial charge in [-0.25, -0.2) is 4.98 Å². The molecule has 0 aromatic carbocycles. The van der Waals surface area contributed by atoms with Crippen LogP contribution >= 0.6 is 74.0 Å². The van der Waals surface area contributed by atoms with Crippen molar-refractivity contribution < 1.29 is 27.2 Å². The third kappa shape index (κ3) is 11.4. The third-order valence-corrected chi connectivity index (χ3v) is 23.1. The molecule has 8 nitrogen and oxygen atoms in total. The van der Waals surface area contributed by atoms with Crippen molar-refractivity contribution in [2.75, 3.05) is 24.0 Å². The van der Waals surface area contributed by atoms with E-state index >= 15 is 4.57 Å². The molecule has 1 aromatic heterocycles. The van der Waals surface area contributed by atoms with Gasteiger partial charge in [0.15, 0.2) is 9.48 Å². The van der Waals surface area contributed by atoms with Gasteiger partial charge in [-0.1, -0.05) is 19.3 Å². The first-order valence-corrected chi connectivity index (χ1v) is 24.1. The largest absolute Gasteiger partial charge is 0.367 e. The van der Waals surface area contributed by atoms with Gasteiger partial charge >= 0.3 is 15.2 Å². The molecule has 15 heteroatoms. The summed E-state index contributed by atoms with van der Waals surface area (Å²) in [6.45, 7) is 19.3. The third-order valence-electron chi connectivity index (χ3n) is 6.61. The van der Waals surface area contributed by atoms with Crippen molar-refractivity contribution in [3.8, 4) is 0 Å². The van der Waals surface area contributed by atoms with Crippen LogP contribution in [0.1, 0.15) is 105 Å². The summed E-state index contributed by atoms with van der Waals surface area (Å²) in [5.41, 5.74) is 2.15. The molecule has 0 bridgehead atoms. The Kier molecular flexibility index (Phi) is 17.8. The Bertz CT molecular complexity index is 1090. The van der Waals surface area contributed by atoms with Crippen LogP contribution < -0.4 is 0 Å². The Labute approximate surface area is 289 Å². The van der Waals surface area contributed by atoms with Gasteiger partial charge in [0.2, 0.25) is 3.15 Å². The van der Waals surface area contributed by atoms with Crippen LogP contribution in [0.15, 0.2) is 5.16 Å². The monoisotopic (exact) mass is 750 g/mol. The van der Waals surface area contributed by atoms with Gasteiger partial charge in [-0.15, -0.1) is 47.0 Å². The molecule has 1 saturated carbocycles. The second kappa shape index (κ2) is 18.9. The van der Waals surface area contributed by atoms with Crippen LogP contribution in [-0.4, -0.2) is 65.5 Å². The summed E-state index contributed by atoms with van der Waals surface area (Å²) >= 11 is 7.63. The smallest absolute Gasteiger partial charge is 0.320 e. The maximum absolute atomic E-state index is 15.0. The van der Waals surface area contributed by atoms with E-state index in [4.69, 9.17) is 23.1 Å². The fraction of sp³-hybridized carbons (Fsp3) is 0.897. The molecule has 1 fully saturated rings. The van der Waals surface area contributed by atoms with Crippen molar-refractivity contribution in [1.29, 1.82) is 0 Å². The Morgan fingerprint density at radius 1 is 0.841 bits per heavy atom. The summed E-state index contributed by atoms with van der Waals surface area (Å²) in [5, 5.41) is 0.864. The van der Waals surface area contributed by atoms with E-state index in [1.165, 1.54) is 54.5 Å². The topological polar surface area (TPSA) is 88.9 Å². The number of rotatable bonds is 20. The first kappa shape index (κ1) is 41.4. The van der Waals surface area contributed by atoms with Crippen molar-refractivity contribution in [2.24, 2.45) is 0 Å². The van der Waals surface area contributed by atoms with E-state index < -0.39 is 18.3 Å². The first-order valence-electron chi connectivity index (χ1n) is 15.5. The first-order chi connectivity index (χ1) is 20.5. The SMILES string of the molecule is CSC(SCCSC(SC)(Sc1nc(C)c(C)n1C1CCCCC1)P(=O)(OC(C)C)OC(C)C)P(=O)(OC(C)C)OC(C)C. The molecule has 1 aromatic rings. The van der Waals surface area contributed by atoms with Crippen LogP contribution in [0.2, 0.25) is 0 Å². The molecular formula is C29H56N2O6P2S5. The Morgan fingerprint density at radius 3 is 1.82 bits per heavy atom. The van der Waals surface area contributed by atoms with E-state index in [1.54, 1.807) is 23.5 Å². The number of thioether (sulfide) groups is 5. The van der Waals surface area contributed by atoms with E-state index in [-0.39, 0.29) is 28.7 Å². The zero-order valence-corrected chi connectivity index (χ0v) is 34.6. The van der Waals surface area contributed by atoms with Gasteiger partial charge in [0.1, 0.15) is 0 Å². The summed E-state index contributed by atoms with van der Waals surface area (Å²) in [6.07, 6.45) is 8.79. The molecule has 1 aliphatic rings. The molecule has 1 aliphatic carbocycles. The summed E-state index contributed by atoms with van der Waals surface area (Å²) in [6, 6.07) is 0.377. The molecular weight excluding hydrogens is 695 g/mol. The standard InChI is InChI=1S/C29H56N2O6P2S5/c1-20(2)34-38(32,35-21(3)4)28(40-11)42-18-19-43-29(41-12,39(33,36-22(5)6)37-23(7)8)44-27-30-24(9)25(10)31(27)26-16-14-13-15-17-26/h20-23,26,28H,13-19H2,1-12H3. The molecule has 0 amide bonds. The Balaban J connectivity index is 2.47. The van der Waals surface area contributed by atoms with Crippen LogP contribution in [0.3, 0.4) is 0 Å². The van der Waals surface area contributed by atoms with Gasteiger partial charge in [0, 0.05) is 23.2 Å². The molecule has 2 rings (SSSR count). The molecule has 258 valence electrons. The predicted octanol–water partition coefficient (Wildman–Crippen LogP) is 11.3. The van der Waals surface area contributed by atoms with Crippen LogP contribution in [0, 0.1) is 13.8 Å². The van der Waals surface area contributed by atoms with Gasteiger partial charge < -0.3 is 22.7 Å². The number of hydrogen-bond donors (Lipinski definition) is 0. The highest BCUT2D eigenvalue weighted by atomic mass is 32.3. The minimum Gasteiger partial charge on any atom is -0.320 e. The number of aromatic nitrogens is 2. The van der Waals surface area contributed by atoms with Crippen LogP contribution in [0.25, 0.3) is 0 Å². The van der Waals surface area contributed by atoms with Gasteiger partial charge in [-0.05, 0) is 106 Å². The zero-order chi connectivity index (χ0) is 33.3. The summed E-state index contributed by atoms with van der Waals surface area (Å²) in [5.74, 6) is 1.26. The van der Waals surface area contributed by atoms with Crippen LogP contribution in [0.5, 0.6) is 0 Å². The lowest BCUT2D eigenvalue weighted by Crippen LogP contribution is -2.25. The summed E-state index contributed by atoms with van der Waals surface area (Å²) in [7, 11) is -7.12. The van der Waals surface area contributed by atoms with E-state index in [0.717, 1.165) is 29.4 Å². The highest BCUT2D eigenvalue weighted by molar-refractivity contribution is 8.40. The lowest BCUT2D eigenvalue weighted by Gasteiger charge is -2.38. The maximum atomic E-state index is 15.0. The number of nitrogens with zero attached hydrogens (tertiary/aromatic N) is 2. The lowest BCUT2D eigenvalue weighted by molar-refractivity contribution is 0.142. The second-order valence-electron chi connectivity index (χ2n) is 12.0. The van der Waals surface area contributed by atoms with Crippen molar-refractivity contribution in [3.63, 3.8) is 0 Å². The lowest BCUT2D eigenvalue weighted by atomic mass is 9.95. The van der Waals surface area contributed by atoms with E-state index in [0.29, 0.717) is 17.5 Å². The summed E-state index contributed by atoms with van der Waals surface area (Å²) in [4.78, 5) is 5.04. The van der Waals surface area contributed by atoms with Gasteiger partial charge in [0.25, 0.3) is 0 Å². The normalized spacial score (nSPS) is 17.7. The van der Waals surface area contributed by atoms with Gasteiger partial charge in [-0.3, -0.25) is 9.13 Å². The summed E-state index contributed by atoms with van der Waals surface area (Å²) < 4.78 is 54.2. The van der Waals surface area contributed by atoms with Crippen molar-refractivity contribution in [1.82, 2.24) is 9.55 Å².